The number of rotatable bonds is 0. The summed E-state index contributed by atoms with van der Waals surface area (Å²) in [6.07, 6.45) is 0.938. The number of carbonyl (C=O) groups excluding carboxylic acids is 1. The third-order valence-corrected chi connectivity index (χ3v) is 0.354. The minimum absolute atomic E-state index is 0. The van der Waals surface area contributed by atoms with E-state index in [1.54, 1.807) is 0 Å². The van der Waals surface area contributed by atoms with Gasteiger partial charge >= 0.3 is 1.43 Å². The molecule has 0 atom stereocenters. The van der Waals surface area contributed by atoms with Crippen molar-refractivity contribution >= 4 is 6.29 Å². The normalized spacial score (nSPS) is 11.2. The molecule has 36 valence electrons. The molecule has 0 aromatic carbocycles. The van der Waals surface area contributed by atoms with Crippen molar-refractivity contribution in [3.05, 3.63) is 0 Å². The molecule has 1 nitrogen and oxygen atoms in total. The fraction of sp³-hybridized carbons (Fsp3) is 0.800. The van der Waals surface area contributed by atoms with Gasteiger partial charge in [-0.25, -0.2) is 0 Å². The third kappa shape index (κ3) is 3.67. The van der Waals surface area contributed by atoms with Crippen LogP contribution in [-0.4, -0.2) is 6.29 Å². The van der Waals surface area contributed by atoms with Crippen molar-refractivity contribution in [2.45, 2.75) is 20.8 Å². The third-order valence-electron chi connectivity index (χ3n) is 0.354. The van der Waals surface area contributed by atoms with E-state index in [2.05, 4.69) is 0 Å². The largest absolute Gasteiger partial charge is 1.00 e. The van der Waals surface area contributed by atoms with Gasteiger partial charge in [0.2, 0.25) is 0 Å². The van der Waals surface area contributed by atoms with Gasteiger partial charge in [0.15, 0.2) is 0 Å². The Balaban J connectivity index is 0. The molecule has 0 aromatic rings. The van der Waals surface area contributed by atoms with Crippen LogP contribution >= 0.6 is 0 Å². The van der Waals surface area contributed by atoms with Crippen molar-refractivity contribution in [2.24, 2.45) is 5.41 Å². The molecule has 0 spiro atoms. The summed E-state index contributed by atoms with van der Waals surface area (Å²) in [7, 11) is 0. The Hall–Kier alpha value is -0.330. The van der Waals surface area contributed by atoms with Crippen LogP contribution in [0.5, 0.6) is 0 Å². The standard InChI is InChI=1S/C5H10O/c1-5(2,3)4-6/h4H,1-3H3/p+1. The van der Waals surface area contributed by atoms with E-state index in [-0.39, 0.29) is 6.84 Å². The Labute approximate surface area is 39.8 Å². The van der Waals surface area contributed by atoms with Crippen LogP contribution in [0.4, 0.5) is 0 Å². The van der Waals surface area contributed by atoms with Crippen molar-refractivity contribution < 1.29 is 6.22 Å². The lowest BCUT2D eigenvalue weighted by atomic mass is 10.0. The predicted octanol–water partition coefficient (Wildman–Crippen LogP) is 1.34. The van der Waals surface area contributed by atoms with E-state index in [0.29, 0.717) is 0 Å². The second-order valence-electron chi connectivity index (χ2n) is 2.48. The second kappa shape index (κ2) is 1.41. The Morgan fingerprint density at radius 3 is 1.67 bits per heavy atom. The van der Waals surface area contributed by atoms with Crippen LogP contribution in [0.1, 0.15) is 22.2 Å². The topological polar surface area (TPSA) is 17.1 Å². The summed E-state index contributed by atoms with van der Waals surface area (Å²) in [5.74, 6) is 0. The lowest BCUT2D eigenvalue weighted by Crippen LogP contribution is -2.04. The molecule has 0 aromatic heterocycles. The summed E-state index contributed by atoms with van der Waals surface area (Å²) in [5.41, 5.74) is -0.139. The summed E-state index contributed by atoms with van der Waals surface area (Å²) < 4.78 is 0. The molecule has 0 rings (SSSR count). The van der Waals surface area contributed by atoms with Crippen molar-refractivity contribution in [1.29, 1.82) is 0 Å². The second-order valence-corrected chi connectivity index (χ2v) is 2.48. The van der Waals surface area contributed by atoms with Gasteiger partial charge in [0.25, 0.3) is 0 Å². The molecule has 0 aliphatic carbocycles. The van der Waals surface area contributed by atoms with Gasteiger partial charge in [0, 0.05) is 5.41 Å². The van der Waals surface area contributed by atoms with Crippen LogP contribution in [0.2, 0.25) is 0 Å². The molecule has 0 aliphatic rings. The summed E-state index contributed by atoms with van der Waals surface area (Å²) >= 11 is 0. The van der Waals surface area contributed by atoms with Crippen LogP contribution in [0.15, 0.2) is 0 Å². The first-order valence-electron chi connectivity index (χ1n) is 2.02. The quantitative estimate of drug-likeness (QED) is 0.407. The smallest absolute Gasteiger partial charge is 0.303 e. The number of hydrogen-bond acceptors (Lipinski definition) is 1. The van der Waals surface area contributed by atoms with E-state index < -0.39 is 0 Å². The fourth-order valence-corrected chi connectivity index (χ4v) is 0. The van der Waals surface area contributed by atoms with Gasteiger partial charge in [0.1, 0.15) is 6.29 Å². The molecule has 0 unspecified atom stereocenters. The van der Waals surface area contributed by atoms with Gasteiger partial charge in [0.05, 0.1) is 0 Å². The minimum atomic E-state index is -0.139. The lowest BCUT2D eigenvalue weighted by Gasteiger charge is -2.03. The highest BCUT2D eigenvalue weighted by atomic mass is 16.1. The molecule has 0 amide bonds. The van der Waals surface area contributed by atoms with E-state index in [1.165, 1.54) is 0 Å². The Morgan fingerprint density at radius 1 is 1.50 bits per heavy atom. The van der Waals surface area contributed by atoms with E-state index >= 15 is 0 Å². The predicted molar refractivity (Wildman–Crippen MR) is 26.6 cm³/mol. The average molecular weight is 87.1 g/mol. The van der Waals surface area contributed by atoms with E-state index in [0.717, 1.165) is 6.29 Å². The summed E-state index contributed by atoms with van der Waals surface area (Å²) in [6.45, 7) is 5.62. The zero-order valence-corrected chi connectivity index (χ0v) is 4.49. The van der Waals surface area contributed by atoms with E-state index in [1.807, 2.05) is 20.8 Å². The molecule has 1 heteroatoms. The van der Waals surface area contributed by atoms with Crippen molar-refractivity contribution in [3.8, 4) is 0 Å². The van der Waals surface area contributed by atoms with Crippen molar-refractivity contribution in [3.63, 3.8) is 0 Å². The van der Waals surface area contributed by atoms with Crippen LogP contribution in [-0.2, 0) is 4.79 Å². The van der Waals surface area contributed by atoms with Crippen molar-refractivity contribution in [2.75, 3.05) is 0 Å². The lowest BCUT2D eigenvalue weighted by molar-refractivity contribution is -0.113. The Morgan fingerprint density at radius 2 is 1.67 bits per heavy atom. The molecule has 0 saturated carbocycles. The van der Waals surface area contributed by atoms with Crippen LogP contribution in [0.3, 0.4) is 0 Å². The molecule has 0 radical (unpaired) electrons. The molecular formula is C5H11O+. The first kappa shape index (κ1) is 5.67. The highest BCUT2D eigenvalue weighted by molar-refractivity contribution is 5.56. The van der Waals surface area contributed by atoms with E-state index in [9.17, 15) is 4.79 Å². The molecule has 6 heavy (non-hydrogen) atoms. The molecule has 0 fully saturated rings. The number of aldehydes is 1. The highest BCUT2D eigenvalue weighted by Gasteiger charge is 2.04. The monoisotopic (exact) mass is 87.1 g/mol. The van der Waals surface area contributed by atoms with Crippen LogP contribution in [0, 0.1) is 5.41 Å². The maximum Gasteiger partial charge on any atom is 1.00 e. The molecule has 0 heterocycles. The molecule has 0 aliphatic heterocycles. The van der Waals surface area contributed by atoms with Gasteiger partial charge in [-0.15, -0.1) is 0 Å². The molecule has 0 saturated heterocycles. The van der Waals surface area contributed by atoms with Gasteiger partial charge < -0.3 is 4.79 Å². The summed E-state index contributed by atoms with van der Waals surface area (Å²) in [4.78, 5) is 9.83. The molecular weight excluding hydrogens is 76.1 g/mol. The number of hydrogen-bond donors (Lipinski definition) is 0. The van der Waals surface area contributed by atoms with Crippen LogP contribution < -0.4 is 0 Å². The van der Waals surface area contributed by atoms with Gasteiger partial charge in [-0.3, -0.25) is 0 Å². The summed E-state index contributed by atoms with van der Waals surface area (Å²) in [6, 6.07) is 0. The zero-order valence-electron chi connectivity index (χ0n) is 5.49. The molecule has 0 bridgehead atoms. The zero-order chi connectivity index (χ0) is 5.21. The van der Waals surface area contributed by atoms with E-state index in [4.69, 9.17) is 0 Å². The first-order chi connectivity index (χ1) is 2.56. The van der Waals surface area contributed by atoms with Crippen LogP contribution in [0.25, 0.3) is 0 Å². The van der Waals surface area contributed by atoms with Gasteiger partial charge in [-0.2, -0.15) is 0 Å². The average Bonchev–Trinajstić information content (AvgIpc) is 1.35. The maximum absolute atomic E-state index is 9.83. The molecule has 0 N–H and O–H groups in total. The van der Waals surface area contributed by atoms with Gasteiger partial charge in [-0.05, 0) is 0 Å². The SMILES string of the molecule is CC(C)(C)C=O.[H+]. The Kier molecular flexibility index (Phi) is 1.34. The fourth-order valence-electron chi connectivity index (χ4n) is 0. The minimum Gasteiger partial charge on any atom is -0.303 e. The van der Waals surface area contributed by atoms with Crippen molar-refractivity contribution in [1.82, 2.24) is 0 Å². The first-order valence-corrected chi connectivity index (χ1v) is 2.02. The highest BCUT2D eigenvalue weighted by Crippen LogP contribution is 2.05. The summed E-state index contributed by atoms with van der Waals surface area (Å²) in [5, 5.41) is 0. The number of carbonyl (C=O) groups is 1. The maximum atomic E-state index is 9.83. The van der Waals surface area contributed by atoms with Gasteiger partial charge in [-0.1, -0.05) is 20.8 Å². The Bertz CT molecular complexity index is 53.6.